The summed E-state index contributed by atoms with van der Waals surface area (Å²) in [5, 5.41) is 14.1. The van der Waals surface area contributed by atoms with Crippen molar-refractivity contribution >= 4 is 16.6 Å². The third kappa shape index (κ3) is 3.94. The first-order valence-electron chi connectivity index (χ1n) is 12.5. The molecule has 0 spiro atoms. The minimum atomic E-state index is 0.500. The first-order chi connectivity index (χ1) is 16.7. The van der Waals surface area contributed by atoms with Gasteiger partial charge in [-0.05, 0) is 60.8 Å². The number of rotatable bonds is 3. The van der Waals surface area contributed by atoms with E-state index in [1.165, 1.54) is 22.4 Å². The fraction of sp³-hybridized carbons (Fsp3) is 0.429. The molecule has 6 rings (SSSR count). The molecule has 0 radical (unpaired) electrons. The summed E-state index contributed by atoms with van der Waals surface area (Å²) in [5.41, 5.74) is 7.09. The van der Waals surface area contributed by atoms with E-state index in [4.69, 9.17) is 0 Å². The highest BCUT2D eigenvalue weighted by Gasteiger charge is 2.36. The zero-order valence-electron chi connectivity index (χ0n) is 19.9. The van der Waals surface area contributed by atoms with Crippen molar-refractivity contribution in [2.75, 3.05) is 44.2 Å². The number of nitrogens with zero attached hydrogens (tertiary/aromatic N) is 5. The first-order valence-corrected chi connectivity index (χ1v) is 12.5. The van der Waals surface area contributed by atoms with Crippen molar-refractivity contribution in [3.63, 3.8) is 0 Å². The second kappa shape index (κ2) is 8.99. The lowest BCUT2D eigenvalue weighted by atomic mass is 9.97. The van der Waals surface area contributed by atoms with Gasteiger partial charge in [-0.15, -0.1) is 0 Å². The van der Waals surface area contributed by atoms with Crippen LogP contribution >= 0.6 is 0 Å². The number of nitrogens with one attached hydrogen (secondary N) is 1. The molecule has 1 aromatic heterocycles. The highest BCUT2D eigenvalue weighted by Crippen LogP contribution is 2.32. The normalized spacial score (nSPS) is 23.4. The lowest BCUT2D eigenvalue weighted by Crippen LogP contribution is -2.65. The molecule has 3 aliphatic rings. The molecule has 2 aromatic carbocycles. The van der Waals surface area contributed by atoms with Crippen LogP contribution in [0.25, 0.3) is 10.9 Å². The van der Waals surface area contributed by atoms with Crippen LogP contribution in [0.5, 0.6) is 0 Å². The predicted octanol–water partition coefficient (Wildman–Crippen LogP) is 3.15. The summed E-state index contributed by atoms with van der Waals surface area (Å²) in [4.78, 5) is 12.4. The molecule has 3 aliphatic heterocycles. The molecular formula is C28H32N6. The Bertz CT molecular complexity index is 1250. The van der Waals surface area contributed by atoms with Crippen LogP contribution in [-0.4, -0.2) is 66.1 Å². The van der Waals surface area contributed by atoms with Crippen LogP contribution in [0.2, 0.25) is 0 Å². The van der Waals surface area contributed by atoms with Gasteiger partial charge in [0.2, 0.25) is 0 Å². The summed E-state index contributed by atoms with van der Waals surface area (Å²) in [5.74, 6) is 0. The lowest BCUT2D eigenvalue weighted by Gasteiger charge is -2.51. The average molecular weight is 453 g/mol. The van der Waals surface area contributed by atoms with E-state index in [2.05, 4.69) is 68.3 Å². The maximum atomic E-state index is 9.53. The molecule has 174 valence electrons. The monoisotopic (exact) mass is 452 g/mol. The van der Waals surface area contributed by atoms with Crippen LogP contribution in [-0.2, 0) is 19.5 Å². The zero-order chi connectivity index (χ0) is 23.1. The van der Waals surface area contributed by atoms with Crippen molar-refractivity contribution in [3.05, 3.63) is 70.9 Å². The van der Waals surface area contributed by atoms with Gasteiger partial charge in [0.25, 0.3) is 0 Å². The molecule has 2 fully saturated rings. The minimum absolute atomic E-state index is 0.500. The molecular weight excluding hydrogens is 420 g/mol. The predicted molar refractivity (Wildman–Crippen MR) is 136 cm³/mol. The van der Waals surface area contributed by atoms with Gasteiger partial charge in [0.15, 0.2) is 0 Å². The molecule has 3 aromatic rings. The van der Waals surface area contributed by atoms with Gasteiger partial charge in [-0.2, -0.15) is 5.26 Å². The lowest BCUT2D eigenvalue weighted by molar-refractivity contribution is 0.0317. The molecule has 0 amide bonds. The Balaban J connectivity index is 1.21. The van der Waals surface area contributed by atoms with E-state index in [0.717, 1.165) is 69.7 Å². The van der Waals surface area contributed by atoms with Crippen molar-refractivity contribution < 1.29 is 0 Å². The number of hydrogen-bond acceptors (Lipinski definition) is 6. The molecule has 6 heteroatoms. The Hall–Kier alpha value is -2.98. The van der Waals surface area contributed by atoms with E-state index in [1.54, 1.807) is 6.20 Å². The van der Waals surface area contributed by atoms with E-state index in [0.29, 0.717) is 17.6 Å². The van der Waals surface area contributed by atoms with Crippen LogP contribution < -0.4 is 10.2 Å². The second-order valence-electron chi connectivity index (χ2n) is 10.1. The smallest absolute Gasteiger partial charge is 0.101 e. The van der Waals surface area contributed by atoms with Crippen LogP contribution in [0.3, 0.4) is 0 Å². The Labute approximate surface area is 201 Å². The number of fused-ring (bicyclic) bond motifs is 3. The second-order valence-corrected chi connectivity index (χ2v) is 10.1. The van der Waals surface area contributed by atoms with Gasteiger partial charge in [0.05, 0.1) is 11.1 Å². The van der Waals surface area contributed by atoms with E-state index < -0.39 is 0 Å². The van der Waals surface area contributed by atoms with Gasteiger partial charge in [-0.1, -0.05) is 18.2 Å². The van der Waals surface area contributed by atoms with Gasteiger partial charge >= 0.3 is 0 Å². The van der Waals surface area contributed by atoms with Gasteiger partial charge in [-0.3, -0.25) is 14.8 Å². The Kier molecular flexibility index (Phi) is 5.70. The molecule has 4 heterocycles. The molecule has 0 saturated carbocycles. The first kappa shape index (κ1) is 21.5. The summed E-state index contributed by atoms with van der Waals surface area (Å²) in [6, 6.07) is 18.5. The molecule has 2 atom stereocenters. The number of benzene rings is 2. The summed E-state index contributed by atoms with van der Waals surface area (Å²) in [6.45, 7) is 10.8. The van der Waals surface area contributed by atoms with Gasteiger partial charge in [-0.25, -0.2) is 0 Å². The summed E-state index contributed by atoms with van der Waals surface area (Å²) >= 11 is 0. The Morgan fingerprint density at radius 3 is 2.94 bits per heavy atom. The number of anilines is 1. The molecule has 6 nitrogen and oxygen atoms in total. The Morgan fingerprint density at radius 2 is 2.03 bits per heavy atom. The van der Waals surface area contributed by atoms with Crippen molar-refractivity contribution in [3.8, 4) is 6.07 Å². The third-order valence-corrected chi connectivity index (χ3v) is 7.87. The van der Waals surface area contributed by atoms with E-state index >= 15 is 0 Å². The number of aromatic nitrogens is 1. The number of piperazine rings is 2. The number of hydrogen-bond donors (Lipinski definition) is 1. The van der Waals surface area contributed by atoms with Crippen LogP contribution in [0.4, 0.5) is 5.69 Å². The quantitative estimate of drug-likeness (QED) is 0.659. The zero-order valence-corrected chi connectivity index (χ0v) is 19.9. The van der Waals surface area contributed by atoms with E-state index in [1.807, 2.05) is 12.1 Å². The fourth-order valence-electron chi connectivity index (χ4n) is 6.18. The molecule has 1 N–H and O–H groups in total. The SMILES string of the molecule is CC1CN(c2ccc(C#N)c3ncccc23)CC2CN(Cc3ccc4c(c3)CCNC4)CCN12. The molecule has 2 saturated heterocycles. The van der Waals surface area contributed by atoms with Crippen LogP contribution in [0, 0.1) is 11.3 Å². The van der Waals surface area contributed by atoms with Crippen molar-refractivity contribution in [1.82, 2.24) is 20.1 Å². The summed E-state index contributed by atoms with van der Waals surface area (Å²) in [7, 11) is 0. The van der Waals surface area contributed by atoms with Crippen LogP contribution in [0.15, 0.2) is 48.7 Å². The number of nitriles is 1. The average Bonchev–Trinajstić information content (AvgIpc) is 2.87. The molecule has 34 heavy (non-hydrogen) atoms. The molecule has 2 unspecified atom stereocenters. The summed E-state index contributed by atoms with van der Waals surface area (Å²) < 4.78 is 0. The highest BCUT2D eigenvalue weighted by atomic mass is 15.4. The van der Waals surface area contributed by atoms with Crippen molar-refractivity contribution in [1.29, 1.82) is 5.26 Å². The highest BCUT2D eigenvalue weighted by molar-refractivity contribution is 5.95. The van der Waals surface area contributed by atoms with Crippen LogP contribution in [0.1, 0.15) is 29.2 Å². The minimum Gasteiger partial charge on any atom is -0.368 e. The van der Waals surface area contributed by atoms with E-state index in [9.17, 15) is 5.26 Å². The molecule has 0 aliphatic carbocycles. The number of pyridine rings is 1. The maximum Gasteiger partial charge on any atom is 0.101 e. The standard InChI is InChI=1S/C28H32N6/c1-20-16-33(27-7-6-23(14-29)28-26(27)3-2-9-31-28)19-25-18-32(11-12-34(20)25)17-21-4-5-24-15-30-10-8-22(24)13-21/h2-7,9,13,20,25,30H,8,10-12,15-19H2,1H3. The van der Waals surface area contributed by atoms with Gasteiger partial charge in [0.1, 0.15) is 6.07 Å². The molecule has 0 bridgehead atoms. The third-order valence-electron chi connectivity index (χ3n) is 7.87. The fourth-order valence-corrected chi connectivity index (χ4v) is 6.18. The van der Waals surface area contributed by atoms with E-state index in [-0.39, 0.29) is 0 Å². The van der Waals surface area contributed by atoms with Gasteiger partial charge in [0, 0.05) is 75.2 Å². The van der Waals surface area contributed by atoms with Crippen molar-refractivity contribution in [2.24, 2.45) is 0 Å². The topological polar surface area (TPSA) is 58.4 Å². The Morgan fingerprint density at radius 1 is 1.09 bits per heavy atom. The summed E-state index contributed by atoms with van der Waals surface area (Å²) in [6.07, 6.45) is 2.92. The van der Waals surface area contributed by atoms with Crippen molar-refractivity contribution in [2.45, 2.75) is 38.5 Å². The maximum absolute atomic E-state index is 9.53. The van der Waals surface area contributed by atoms with Gasteiger partial charge < -0.3 is 10.2 Å². The largest absolute Gasteiger partial charge is 0.368 e.